The van der Waals surface area contributed by atoms with Crippen LogP contribution in [-0.4, -0.2) is 30.7 Å². The lowest BCUT2D eigenvalue weighted by molar-refractivity contribution is -0.170. The fourth-order valence-electron chi connectivity index (χ4n) is 4.64. The van der Waals surface area contributed by atoms with Crippen molar-refractivity contribution in [1.29, 1.82) is 0 Å². The van der Waals surface area contributed by atoms with Crippen LogP contribution in [0.3, 0.4) is 0 Å². The number of hydrogen-bond acceptors (Lipinski definition) is 3. The van der Waals surface area contributed by atoms with Gasteiger partial charge in [0.1, 0.15) is 5.54 Å². The van der Waals surface area contributed by atoms with E-state index in [1.807, 2.05) is 26.8 Å². The maximum absolute atomic E-state index is 13.0. The Balaban J connectivity index is 1.69. The molecule has 25 heavy (non-hydrogen) atoms. The zero-order chi connectivity index (χ0) is 18.1. The Morgan fingerprint density at radius 3 is 2.44 bits per heavy atom. The molecule has 4 nitrogen and oxygen atoms in total. The van der Waals surface area contributed by atoms with E-state index in [9.17, 15) is 4.79 Å². The zero-order valence-corrected chi connectivity index (χ0v) is 15.8. The Morgan fingerprint density at radius 2 is 1.88 bits per heavy atom. The van der Waals surface area contributed by atoms with Crippen molar-refractivity contribution in [3.63, 3.8) is 0 Å². The van der Waals surface area contributed by atoms with Gasteiger partial charge in [0.05, 0.1) is 6.10 Å². The van der Waals surface area contributed by atoms with Crippen molar-refractivity contribution in [2.45, 2.75) is 69.9 Å². The molecule has 0 radical (unpaired) electrons. The molecule has 1 amide bonds. The Labute approximate surface area is 151 Å². The first-order valence-corrected chi connectivity index (χ1v) is 9.60. The zero-order valence-electron chi connectivity index (χ0n) is 15.8. The summed E-state index contributed by atoms with van der Waals surface area (Å²) in [6, 6.07) is 10.6. The van der Waals surface area contributed by atoms with E-state index in [0.717, 1.165) is 12.8 Å². The number of rotatable bonds is 6. The summed E-state index contributed by atoms with van der Waals surface area (Å²) in [5, 5.41) is 3.21. The maximum atomic E-state index is 13.0. The number of carbonyl (C=O) groups is 1. The number of nitrogens with one attached hydrogen (secondary N) is 1. The first kappa shape index (κ1) is 18.4. The summed E-state index contributed by atoms with van der Waals surface area (Å²) in [6.07, 6.45) is 5.34. The van der Waals surface area contributed by atoms with E-state index < -0.39 is 5.54 Å². The highest BCUT2D eigenvalue weighted by Crippen LogP contribution is 2.50. The van der Waals surface area contributed by atoms with E-state index in [2.05, 4.69) is 29.6 Å². The van der Waals surface area contributed by atoms with Gasteiger partial charge in [-0.05, 0) is 25.3 Å². The summed E-state index contributed by atoms with van der Waals surface area (Å²) in [7, 11) is 0. The summed E-state index contributed by atoms with van der Waals surface area (Å²) < 4.78 is 5.75. The van der Waals surface area contributed by atoms with Crippen LogP contribution in [0.25, 0.3) is 0 Å². The van der Waals surface area contributed by atoms with Crippen molar-refractivity contribution >= 4 is 5.91 Å². The van der Waals surface area contributed by atoms with Gasteiger partial charge in [-0.1, -0.05) is 57.0 Å². The molecule has 138 valence electrons. The summed E-state index contributed by atoms with van der Waals surface area (Å²) in [5.41, 5.74) is 6.72. The monoisotopic (exact) mass is 344 g/mol. The Kier molecular flexibility index (Phi) is 4.95. The van der Waals surface area contributed by atoms with Crippen molar-refractivity contribution in [2.24, 2.45) is 11.1 Å². The molecule has 0 heterocycles. The highest BCUT2D eigenvalue weighted by molar-refractivity contribution is 5.88. The fourth-order valence-corrected chi connectivity index (χ4v) is 4.64. The van der Waals surface area contributed by atoms with E-state index in [-0.39, 0.29) is 22.8 Å². The van der Waals surface area contributed by atoms with Crippen LogP contribution in [0.4, 0.5) is 0 Å². The van der Waals surface area contributed by atoms with Gasteiger partial charge in [0, 0.05) is 30.4 Å². The number of benzene rings is 1. The van der Waals surface area contributed by atoms with Gasteiger partial charge in [-0.3, -0.25) is 4.79 Å². The number of amides is 1. The topological polar surface area (TPSA) is 64.3 Å². The van der Waals surface area contributed by atoms with Gasteiger partial charge in [-0.15, -0.1) is 0 Å². The summed E-state index contributed by atoms with van der Waals surface area (Å²) >= 11 is 0. The van der Waals surface area contributed by atoms with Gasteiger partial charge in [0.2, 0.25) is 5.91 Å². The standard InChI is InChI=1S/C21H32N2O2/c1-4-25-17-14-21(22,19(17,2)3)18(24)23-15-20(12-8-9-13-20)16-10-6-5-7-11-16/h5-7,10-11,17H,4,8-9,12-15,22H2,1-3H3,(H,23,24). The lowest BCUT2D eigenvalue weighted by atomic mass is 9.54. The van der Waals surface area contributed by atoms with Crippen molar-refractivity contribution in [1.82, 2.24) is 5.32 Å². The maximum Gasteiger partial charge on any atom is 0.240 e. The van der Waals surface area contributed by atoms with Crippen molar-refractivity contribution in [2.75, 3.05) is 13.2 Å². The Hall–Kier alpha value is -1.39. The molecule has 0 aromatic heterocycles. The molecule has 0 aliphatic heterocycles. The summed E-state index contributed by atoms with van der Waals surface area (Å²) in [4.78, 5) is 13.0. The van der Waals surface area contributed by atoms with Crippen LogP contribution in [0, 0.1) is 5.41 Å². The normalized spacial score (nSPS) is 29.8. The van der Waals surface area contributed by atoms with Gasteiger partial charge in [-0.25, -0.2) is 0 Å². The largest absolute Gasteiger partial charge is 0.378 e. The molecular weight excluding hydrogens is 312 g/mol. The summed E-state index contributed by atoms with van der Waals surface area (Å²) in [6.45, 7) is 7.39. The quantitative estimate of drug-likeness (QED) is 0.833. The number of carbonyl (C=O) groups excluding carboxylic acids is 1. The second kappa shape index (κ2) is 6.73. The highest BCUT2D eigenvalue weighted by Gasteiger charge is 2.63. The van der Waals surface area contributed by atoms with Crippen LogP contribution in [0.5, 0.6) is 0 Å². The SMILES string of the molecule is CCOC1CC(N)(C(=O)NCC2(c3ccccc3)CCCC2)C1(C)C. The number of ether oxygens (including phenoxy) is 1. The molecule has 0 spiro atoms. The molecule has 2 saturated carbocycles. The lowest BCUT2D eigenvalue weighted by Gasteiger charge is -2.57. The van der Waals surface area contributed by atoms with Crippen LogP contribution in [0.15, 0.2) is 30.3 Å². The molecule has 1 aromatic carbocycles. The van der Waals surface area contributed by atoms with Gasteiger partial charge >= 0.3 is 0 Å². The van der Waals surface area contributed by atoms with Crippen LogP contribution in [0.1, 0.15) is 58.4 Å². The highest BCUT2D eigenvalue weighted by atomic mass is 16.5. The summed E-state index contributed by atoms with van der Waals surface area (Å²) in [5.74, 6) is -0.0318. The Morgan fingerprint density at radius 1 is 1.24 bits per heavy atom. The van der Waals surface area contributed by atoms with Crippen molar-refractivity contribution in [3.05, 3.63) is 35.9 Å². The van der Waals surface area contributed by atoms with Crippen LogP contribution < -0.4 is 11.1 Å². The minimum absolute atomic E-state index is 0.0318. The average Bonchev–Trinajstić information content (AvgIpc) is 3.10. The molecule has 0 saturated heterocycles. The molecule has 2 aliphatic carbocycles. The smallest absolute Gasteiger partial charge is 0.240 e. The van der Waals surface area contributed by atoms with E-state index in [1.165, 1.54) is 18.4 Å². The molecule has 3 rings (SSSR count). The predicted octanol–water partition coefficient (Wildman–Crippen LogP) is 3.15. The fraction of sp³-hybridized carbons (Fsp3) is 0.667. The number of nitrogens with two attached hydrogens (primary N) is 1. The van der Waals surface area contributed by atoms with Crippen LogP contribution >= 0.6 is 0 Å². The van der Waals surface area contributed by atoms with Gasteiger partial charge < -0.3 is 15.8 Å². The van der Waals surface area contributed by atoms with Crippen LogP contribution in [0.2, 0.25) is 0 Å². The van der Waals surface area contributed by atoms with E-state index in [1.54, 1.807) is 0 Å². The van der Waals surface area contributed by atoms with E-state index in [0.29, 0.717) is 19.6 Å². The molecule has 1 aromatic rings. The first-order valence-electron chi connectivity index (χ1n) is 9.60. The van der Waals surface area contributed by atoms with Crippen molar-refractivity contribution in [3.8, 4) is 0 Å². The average molecular weight is 344 g/mol. The lowest BCUT2D eigenvalue weighted by Crippen LogP contribution is -2.76. The molecule has 2 fully saturated rings. The molecule has 2 unspecified atom stereocenters. The third-order valence-electron chi connectivity index (χ3n) is 6.77. The third-order valence-corrected chi connectivity index (χ3v) is 6.77. The van der Waals surface area contributed by atoms with E-state index in [4.69, 9.17) is 10.5 Å². The first-order chi connectivity index (χ1) is 11.9. The van der Waals surface area contributed by atoms with Gasteiger partial charge in [0.15, 0.2) is 0 Å². The minimum Gasteiger partial charge on any atom is -0.378 e. The second-order valence-corrected chi connectivity index (χ2v) is 8.38. The molecule has 3 N–H and O–H groups in total. The van der Waals surface area contributed by atoms with Crippen molar-refractivity contribution < 1.29 is 9.53 Å². The second-order valence-electron chi connectivity index (χ2n) is 8.38. The molecule has 4 heteroatoms. The predicted molar refractivity (Wildman–Crippen MR) is 100 cm³/mol. The number of hydrogen-bond donors (Lipinski definition) is 2. The van der Waals surface area contributed by atoms with E-state index >= 15 is 0 Å². The van der Waals surface area contributed by atoms with Crippen LogP contribution in [-0.2, 0) is 14.9 Å². The minimum atomic E-state index is -0.844. The molecular formula is C21H32N2O2. The third kappa shape index (κ3) is 3.00. The Bertz CT molecular complexity index is 608. The van der Waals surface area contributed by atoms with Gasteiger partial charge in [0.25, 0.3) is 0 Å². The molecule has 0 bridgehead atoms. The molecule has 2 atom stereocenters. The van der Waals surface area contributed by atoms with Gasteiger partial charge in [-0.2, -0.15) is 0 Å². The molecule has 2 aliphatic rings.